The Kier molecular flexibility index (Phi) is 14.8. The van der Waals surface area contributed by atoms with Gasteiger partial charge in [-0.15, -0.1) is 0 Å². The van der Waals surface area contributed by atoms with E-state index in [-0.39, 0.29) is 42.3 Å². The Bertz CT molecular complexity index is 1940. The van der Waals surface area contributed by atoms with E-state index in [0.717, 1.165) is 26.4 Å². The molecule has 12 heteroatoms. The average Bonchev–Trinajstić information content (AvgIpc) is 3.18. The van der Waals surface area contributed by atoms with E-state index in [1.54, 1.807) is 7.11 Å². The Morgan fingerprint density at radius 3 is 1.96 bits per heavy atom. The van der Waals surface area contributed by atoms with Crippen molar-refractivity contribution in [2.75, 3.05) is 13.7 Å². The number of ketones is 1. The molecule has 1 heterocycles. The third-order valence-electron chi connectivity index (χ3n) is 10.2. The smallest absolute Gasteiger partial charge is 0.306 e. The van der Waals surface area contributed by atoms with Gasteiger partial charge in [0.1, 0.15) is 35.2 Å². The molecule has 1 aliphatic heterocycles. The van der Waals surface area contributed by atoms with Crippen LogP contribution >= 0.6 is 11.8 Å². The van der Waals surface area contributed by atoms with Crippen LogP contribution in [-0.2, 0) is 40.2 Å². The number of benzene rings is 4. The van der Waals surface area contributed by atoms with Gasteiger partial charge in [0, 0.05) is 16.2 Å². The maximum absolute atomic E-state index is 13.6. The first-order chi connectivity index (χ1) is 27.2. The number of azide groups is 1. The summed E-state index contributed by atoms with van der Waals surface area (Å²) in [6.45, 7) is 14.6. The molecule has 10 nitrogen and oxygen atoms in total. The average molecular weight is 810 g/mol. The van der Waals surface area contributed by atoms with E-state index >= 15 is 0 Å². The fourth-order valence-corrected chi connectivity index (χ4v) is 13.3. The van der Waals surface area contributed by atoms with Crippen molar-refractivity contribution < 1.29 is 33.0 Å². The summed E-state index contributed by atoms with van der Waals surface area (Å²) in [5, 5.41) is 6.11. The van der Waals surface area contributed by atoms with Gasteiger partial charge in [-0.3, -0.25) is 4.79 Å². The largest absolute Gasteiger partial charge is 0.497 e. The monoisotopic (exact) mass is 809 g/mol. The molecule has 0 aromatic heterocycles. The number of thioether (sulfide) groups is 1. The van der Waals surface area contributed by atoms with Gasteiger partial charge in [0.05, 0.1) is 26.7 Å². The zero-order valence-electron chi connectivity index (χ0n) is 34.2. The molecule has 0 saturated carbocycles. The van der Waals surface area contributed by atoms with Gasteiger partial charge in [-0.2, -0.15) is 0 Å². The van der Waals surface area contributed by atoms with E-state index in [4.69, 9.17) is 23.4 Å². The highest BCUT2D eigenvalue weighted by Gasteiger charge is 2.54. The minimum absolute atomic E-state index is 0.0227. The van der Waals surface area contributed by atoms with Crippen molar-refractivity contribution in [1.29, 1.82) is 0 Å². The van der Waals surface area contributed by atoms with Crippen LogP contribution in [-0.4, -0.2) is 63.6 Å². The van der Waals surface area contributed by atoms with Crippen LogP contribution in [0.1, 0.15) is 72.4 Å². The molecule has 4 aromatic carbocycles. The van der Waals surface area contributed by atoms with E-state index in [9.17, 15) is 15.1 Å². The second-order valence-corrected chi connectivity index (χ2v) is 21.8. The second-order valence-electron chi connectivity index (χ2n) is 16.4. The highest BCUT2D eigenvalue weighted by molar-refractivity contribution is 7.99. The van der Waals surface area contributed by atoms with Crippen LogP contribution in [0.2, 0.25) is 5.04 Å². The number of esters is 1. The molecule has 0 radical (unpaired) electrons. The lowest BCUT2D eigenvalue weighted by molar-refractivity contribution is -0.206. The topological polar surface area (TPSA) is 129 Å². The second kappa shape index (κ2) is 19.3. The van der Waals surface area contributed by atoms with Crippen LogP contribution in [0, 0.1) is 0 Å². The predicted molar refractivity (Wildman–Crippen MR) is 228 cm³/mol. The molecule has 4 aromatic rings. The van der Waals surface area contributed by atoms with Gasteiger partial charge in [-0.25, -0.2) is 0 Å². The van der Waals surface area contributed by atoms with Gasteiger partial charge in [0.15, 0.2) is 6.10 Å². The van der Waals surface area contributed by atoms with Crippen LogP contribution in [0.3, 0.4) is 0 Å². The molecular formula is C45H55N3O7SSi. The van der Waals surface area contributed by atoms with Crippen LogP contribution in [0.4, 0.5) is 0 Å². The first kappa shape index (κ1) is 43.7. The molecule has 0 spiro atoms. The van der Waals surface area contributed by atoms with Gasteiger partial charge in [0.25, 0.3) is 8.32 Å². The van der Waals surface area contributed by atoms with Crippen molar-refractivity contribution in [3.05, 3.63) is 131 Å². The van der Waals surface area contributed by atoms with Crippen molar-refractivity contribution in [2.45, 2.75) is 113 Å². The summed E-state index contributed by atoms with van der Waals surface area (Å²) in [7, 11) is -1.50. The Morgan fingerprint density at radius 1 is 0.825 bits per heavy atom. The van der Waals surface area contributed by atoms with Gasteiger partial charge < -0.3 is 28.2 Å². The Morgan fingerprint density at radius 2 is 1.42 bits per heavy atom. The highest BCUT2D eigenvalue weighted by Crippen LogP contribution is 2.43. The summed E-state index contributed by atoms with van der Waals surface area (Å²) >= 11 is 1.45. The Balaban J connectivity index is 1.64. The quantitative estimate of drug-likeness (QED) is 0.0361. The molecule has 0 N–H and O–H groups in total. The predicted octanol–water partition coefficient (Wildman–Crippen LogP) is 8.93. The number of nitrogens with zero attached hydrogens (tertiary/aromatic N) is 3. The first-order valence-corrected chi connectivity index (χ1v) is 22.1. The number of rotatable bonds is 16. The lowest BCUT2D eigenvalue weighted by atomic mass is 9.87. The maximum Gasteiger partial charge on any atom is 0.306 e. The van der Waals surface area contributed by atoms with Crippen molar-refractivity contribution >= 4 is 42.2 Å². The molecule has 5 rings (SSSR count). The molecule has 57 heavy (non-hydrogen) atoms. The number of carbonyl (C=O) groups is 2. The zero-order chi connectivity index (χ0) is 41.2. The minimum Gasteiger partial charge on any atom is -0.497 e. The number of carbonyl (C=O) groups excluding carboxylic acids is 2. The SMILES string of the molecule is COc1ccc(CO[C@H]2[C@H](OC(=O)CCC(C)=O)[C@@H](CO[Si](c3ccccc3)(c3ccccc3)C(C)(C)C)OC(Sc3ccccc3C(C)(C)C)[C@@H]2N=[N+]=[N-])cc1. The first-order valence-electron chi connectivity index (χ1n) is 19.3. The molecular weight excluding hydrogens is 755 g/mol. The summed E-state index contributed by atoms with van der Waals surface area (Å²) in [6.07, 6.45) is -2.98. The number of ether oxygens (including phenoxy) is 4. The normalized spacial score (nSPS) is 20.0. The molecule has 302 valence electrons. The summed E-state index contributed by atoms with van der Waals surface area (Å²) < 4.78 is 32.8. The van der Waals surface area contributed by atoms with Crippen molar-refractivity contribution in [3.63, 3.8) is 0 Å². The third kappa shape index (κ3) is 10.8. The zero-order valence-corrected chi connectivity index (χ0v) is 36.0. The fourth-order valence-electron chi connectivity index (χ4n) is 7.32. The van der Waals surface area contributed by atoms with Crippen molar-refractivity contribution in [1.82, 2.24) is 0 Å². The van der Waals surface area contributed by atoms with Crippen LogP contribution in [0.25, 0.3) is 10.4 Å². The summed E-state index contributed by atoms with van der Waals surface area (Å²) in [5.74, 6) is -0.0219. The number of hydrogen-bond acceptors (Lipinski definition) is 9. The Labute approximate surface area is 342 Å². The van der Waals surface area contributed by atoms with Crippen molar-refractivity contribution in [2.24, 2.45) is 5.11 Å². The van der Waals surface area contributed by atoms with Gasteiger partial charge in [-0.05, 0) is 62.6 Å². The Hall–Kier alpha value is -4.42. The highest BCUT2D eigenvalue weighted by atomic mass is 32.2. The van der Waals surface area contributed by atoms with E-state index in [2.05, 4.69) is 81.9 Å². The number of hydrogen-bond donors (Lipinski definition) is 0. The maximum atomic E-state index is 13.6. The standard InChI is InChI=1S/C45H55N3O7SSi/c1-31(49)23-28-39(50)55-41-37(30-53-57(45(5,6)7,34-17-11-9-12-18-34)35-19-13-10-14-20-35)54-43(56-38-22-16-15-21-36(38)44(2,3)4)40(47-48-46)42(41)52-29-32-24-26-33(51-8)27-25-32/h9-22,24-27,37,40-43H,23,28-30H2,1-8H3/t37-,40-,41-,42-,43?/m1/s1. The molecule has 0 bridgehead atoms. The van der Waals surface area contributed by atoms with Gasteiger partial charge >= 0.3 is 5.97 Å². The van der Waals surface area contributed by atoms with Crippen LogP contribution < -0.4 is 15.1 Å². The van der Waals surface area contributed by atoms with E-state index < -0.39 is 44.1 Å². The van der Waals surface area contributed by atoms with E-state index in [1.807, 2.05) is 78.9 Å². The summed E-state index contributed by atoms with van der Waals surface area (Å²) in [4.78, 5) is 29.8. The molecule has 0 amide bonds. The molecule has 1 aliphatic rings. The molecule has 1 fully saturated rings. The lowest BCUT2D eigenvalue weighted by Gasteiger charge is -2.47. The van der Waals surface area contributed by atoms with Gasteiger partial charge in [-0.1, -0.05) is 149 Å². The molecule has 0 aliphatic carbocycles. The number of methoxy groups -OCH3 is 1. The minimum atomic E-state index is -3.10. The molecule has 1 saturated heterocycles. The van der Waals surface area contributed by atoms with Crippen LogP contribution in [0.5, 0.6) is 5.75 Å². The van der Waals surface area contributed by atoms with Gasteiger partial charge in [0.2, 0.25) is 0 Å². The van der Waals surface area contributed by atoms with Crippen molar-refractivity contribution in [3.8, 4) is 5.75 Å². The summed E-state index contributed by atoms with van der Waals surface area (Å²) in [5.41, 5.74) is 11.0. The molecule has 1 unspecified atom stereocenters. The van der Waals surface area contributed by atoms with E-state index in [1.165, 1.54) is 18.7 Å². The van der Waals surface area contributed by atoms with E-state index in [0.29, 0.717) is 5.75 Å². The molecule has 5 atom stereocenters. The number of Topliss-reactive ketones (excluding diaryl/α,β-unsaturated/α-hetero) is 1. The fraction of sp³-hybridized carbons (Fsp3) is 0.422. The lowest BCUT2D eigenvalue weighted by Crippen LogP contribution is -2.68. The third-order valence-corrected chi connectivity index (χ3v) is 16.4. The van der Waals surface area contributed by atoms with Crippen LogP contribution in [0.15, 0.2) is 119 Å². The summed E-state index contributed by atoms with van der Waals surface area (Å²) in [6, 6.07) is 35.2.